The number of likely N-dealkylation sites (N-methyl/N-ethyl adjacent to an activating group) is 1. The topological polar surface area (TPSA) is 42.2 Å². The van der Waals surface area contributed by atoms with E-state index in [-0.39, 0.29) is 0 Å². The molecular formula is C19H23N4S+. The first-order valence-electron chi connectivity index (χ1n) is 8.58. The van der Waals surface area contributed by atoms with Crippen molar-refractivity contribution in [3.8, 4) is 0 Å². The fourth-order valence-corrected chi connectivity index (χ4v) is 4.83. The Kier molecular flexibility index (Phi) is 4.21. The minimum atomic E-state index is 0.392. The zero-order valence-electron chi connectivity index (χ0n) is 14.2. The average molecular weight is 339 g/mol. The fraction of sp³-hybridized carbons (Fsp3) is 0.368. The van der Waals surface area contributed by atoms with Crippen LogP contribution >= 0.6 is 11.3 Å². The van der Waals surface area contributed by atoms with Crippen molar-refractivity contribution in [1.29, 1.82) is 0 Å². The van der Waals surface area contributed by atoms with Crippen LogP contribution in [0.25, 0.3) is 10.2 Å². The van der Waals surface area contributed by atoms with E-state index in [9.17, 15) is 0 Å². The van der Waals surface area contributed by atoms with Crippen molar-refractivity contribution in [3.05, 3.63) is 52.7 Å². The summed E-state index contributed by atoms with van der Waals surface area (Å²) in [5.74, 6) is 1.00. The van der Waals surface area contributed by atoms with Gasteiger partial charge in [-0.15, -0.1) is 11.3 Å². The smallest absolute Gasteiger partial charge is 0.138 e. The number of aryl methyl sites for hydroxylation is 2. The number of hydrogen-bond donors (Lipinski definition) is 2. The van der Waals surface area contributed by atoms with Crippen molar-refractivity contribution in [2.24, 2.45) is 0 Å². The average Bonchev–Trinajstić information content (AvgIpc) is 3.16. The van der Waals surface area contributed by atoms with E-state index in [1.165, 1.54) is 45.6 Å². The van der Waals surface area contributed by atoms with Gasteiger partial charge in [-0.05, 0) is 24.8 Å². The van der Waals surface area contributed by atoms with Crippen LogP contribution in [0.3, 0.4) is 0 Å². The van der Waals surface area contributed by atoms with Gasteiger partial charge in [-0.2, -0.15) is 0 Å². The summed E-state index contributed by atoms with van der Waals surface area (Å²) in [6.07, 6.45) is 5.32. The van der Waals surface area contributed by atoms with Gasteiger partial charge in [-0.1, -0.05) is 30.3 Å². The molecule has 3 aromatic rings. The van der Waals surface area contributed by atoms with E-state index in [0.29, 0.717) is 6.04 Å². The molecule has 1 aromatic carbocycles. The summed E-state index contributed by atoms with van der Waals surface area (Å²) in [4.78, 5) is 13.1. The van der Waals surface area contributed by atoms with Crippen molar-refractivity contribution in [3.63, 3.8) is 0 Å². The number of quaternary nitrogens is 1. The molecule has 1 aliphatic carbocycles. The van der Waals surface area contributed by atoms with Crippen LogP contribution in [0.1, 0.15) is 28.5 Å². The molecule has 4 nitrogen and oxygen atoms in total. The first-order chi connectivity index (χ1) is 11.7. The number of nitrogens with one attached hydrogen (secondary N) is 2. The number of nitrogens with zero attached hydrogens (tertiary/aromatic N) is 2. The van der Waals surface area contributed by atoms with Crippen LogP contribution in [0.2, 0.25) is 0 Å². The Morgan fingerprint density at radius 3 is 2.79 bits per heavy atom. The molecular weight excluding hydrogens is 316 g/mol. The summed E-state index contributed by atoms with van der Waals surface area (Å²) < 4.78 is 0. The predicted octanol–water partition coefficient (Wildman–Crippen LogP) is 2.48. The first-order valence-corrected chi connectivity index (χ1v) is 9.40. The Balaban J connectivity index is 1.62. The lowest BCUT2D eigenvalue weighted by atomic mass is 10.1. The second-order valence-corrected chi connectivity index (χ2v) is 7.76. The van der Waals surface area contributed by atoms with Crippen molar-refractivity contribution in [1.82, 2.24) is 9.97 Å². The number of benzene rings is 1. The van der Waals surface area contributed by atoms with Gasteiger partial charge in [0.2, 0.25) is 0 Å². The molecule has 2 heterocycles. The molecule has 2 aromatic heterocycles. The van der Waals surface area contributed by atoms with E-state index >= 15 is 0 Å². The predicted molar refractivity (Wildman–Crippen MR) is 99.9 cm³/mol. The SMILES string of the molecule is C[NH+](C)[C@H](CNc1ncnc2sc3c(c12)CCC3)c1ccccc1. The van der Waals surface area contributed by atoms with Gasteiger partial charge in [0.25, 0.3) is 0 Å². The van der Waals surface area contributed by atoms with Gasteiger partial charge in [0, 0.05) is 10.4 Å². The second-order valence-electron chi connectivity index (χ2n) is 6.68. The highest BCUT2D eigenvalue weighted by molar-refractivity contribution is 7.19. The second kappa shape index (κ2) is 6.49. The van der Waals surface area contributed by atoms with Crippen LogP contribution in [-0.2, 0) is 12.8 Å². The van der Waals surface area contributed by atoms with Crippen molar-refractivity contribution in [2.75, 3.05) is 26.0 Å². The molecule has 4 rings (SSSR count). The molecule has 0 unspecified atom stereocenters. The molecule has 0 radical (unpaired) electrons. The summed E-state index contributed by atoms with van der Waals surface area (Å²) in [7, 11) is 4.41. The van der Waals surface area contributed by atoms with Crippen LogP contribution in [-0.4, -0.2) is 30.6 Å². The van der Waals surface area contributed by atoms with Gasteiger partial charge in [-0.3, -0.25) is 0 Å². The lowest BCUT2D eigenvalue weighted by molar-refractivity contribution is -0.890. The minimum Gasteiger partial charge on any atom is -0.363 e. The Labute approximate surface area is 146 Å². The Morgan fingerprint density at radius 2 is 2.00 bits per heavy atom. The molecule has 1 aliphatic rings. The lowest BCUT2D eigenvalue weighted by Gasteiger charge is -2.22. The van der Waals surface area contributed by atoms with E-state index in [4.69, 9.17) is 0 Å². The molecule has 0 aliphatic heterocycles. The third-order valence-electron chi connectivity index (χ3n) is 4.87. The molecule has 0 fully saturated rings. The van der Waals surface area contributed by atoms with E-state index in [1.54, 1.807) is 6.33 Å². The number of hydrogen-bond acceptors (Lipinski definition) is 4. The van der Waals surface area contributed by atoms with Gasteiger partial charge in [-0.25, -0.2) is 9.97 Å². The number of aromatic nitrogens is 2. The third-order valence-corrected chi connectivity index (χ3v) is 6.07. The summed E-state index contributed by atoms with van der Waals surface area (Å²) in [6, 6.07) is 11.1. The summed E-state index contributed by atoms with van der Waals surface area (Å²) in [5, 5.41) is 4.88. The first kappa shape index (κ1) is 15.5. The third kappa shape index (κ3) is 2.78. The fourth-order valence-electron chi connectivity index (χ4n) is 3.60. The normalized spacial score (nSPS) is 15.0. The minimum absolute atomic E-state index is 0.392. The maximum atomic E-state index is 4.56. The quantitative estimate of drug-likeness (QED) is 0.750. The van der Waals surface area contributed by atoms with Gasteiger partial charge in [0.05, 0.1) is 26.0 Å². The van der Waals surface area contributed by atoms with Crippen molar-refractivity contribution in [2.45, 2.75) is 25.3 Å². The summed E-state index contributed by atoms with van der Waals surface area (Å²) in [5.41, 5.74) is 2.83. The molecule has 0 amide bonds. The molecule has 0 saturated carbocycles. The van der Waals surface area contributed by atoms with E-state index in [2.05, 4.69) is 59.7 Å². The Hall–Kier alpha value is -1.98. The number of fused-ring (bicyclic) bond motifs is 3. The lowest BCUT2D eigenvalue weighted by Crippen LogP contribution is -3.06. The molecule has 2 N–H and O–H groups in total. The Morgan fingerprint density at radius 1 is 1.17 bits per heavy atom. The maximum Gasteiger partial charge on any atom is 0.138 e. The zero-order chi connectivity index (χ0) is 16.5. The number of thiophene rings is 1. The summed E-state index contributed by atoms with van der Waals surface area (Å²) >= 11 is 1.84. The van der Waals surface area contributed by atoms with Crippen molar-refractivity contribution < 1.29 is 4.90 Å². The molecule has 0 spiro atoms. The monoisotopic (exact) mass is 339 g/mol. The molecule has 124 valence electrons. The highest BCUT2D eigenvalue weighted by Crippen LogP contribution is 2.39. The van der Waals surface area contributed by atoms with Crippen molar-refractivity contribution >= 4 is 27.4 Å². The van der Waals surface area contributed by atoms with Gasteiger partial charge >= 0.3 is 0 Å². The maximum absolute atomic E-state index is 4.56. The van der Waals surface area contributed by atoms with E-state index in [1.807, 2.05) is 11.3 Å². The van der Waals surface area contributed by atoms with Gasteiger partial charge < -0.3 is 10.2 Å². The number of anilines is 1. The summed E-state index contributed by atoms with van der Waals surface area (Å²) in [6.45, 7) is 0.864. The molecule has 0 saturated heterocycles. The van der Waals surface area contributed by atoms with Gasteiger partial charge in [0.15, 0.2) is 0 Å². The highest BCUT2D eigenvalue weighted by Gasteiger charge is 2.23. The molecule has 0 bridgehead atoms. The van der Waals surface area contributed by atoms with Crippen LogP contribution in [0.4, 0.5) is 5.82 Å². The standard InChI is InChI=1S/C19H22N4S/c1-23(2)15(13-7-4-3-5-8-13)11-20-18-17-14-9-6-10-16(14)24-19(17)22-12-21-18/h3-5,7-8,12,15H,6,9-11H2,1-2H3,(H,20,21,22)/p+1/t15-/m1/s1. The molecule has 24 heavy (non-hydrogen) atoms. The van der Waals surface area contributed by atoms with E-state index in [0.717, 1.165) is 17.2 Å². The largest absolute Gasteiger partial charge is 0.363 e. The van der Waals surface area contributed by atoms with Crippen LogP contribution in [0, 0.1) is 0 Å². The molecule has 1 atom stereocenters. The van der Waals surface area contributed by atoms with Crippen LogP contribution < -0.4 is 10.2 Å². The van der Waals surface area contributed by atoms with E-state index < -0.39 is 0 Å². The molecule has 5 heteroatoms. The number of rotatable bonds is 5. The van der Waals surface area contributed by atoms with Gasteiger partial charge in [0.1, 0.15) is 23.0 Å². The Bertz CT molecular complexity index is 841. The zero-order valence-corrected chi connectivity index (χ0v) is 15.0. The van der Waals surface area contributed by atoms with Crippen LogP contribution in [0.5, 0.6) is 0 Å². The van der Waals surface area contributed by atoms with Crippen LogP contribution in [0.15, 0.2) is 36.7 Å². The highest BCUT2D eigenvalue weighted by atomic mass is 32.1.